The van der Waals surface area contributed by atoms with Crippen LogP contribution in [-0.4, -0.2) is 19.6 Å². The average Bonchev–Trinajstić information content (AvgIpc) is 2.75. The molecule has 0 atom stereocenters. The van der Waals surface area contributed by atoms with Gasteiger partial charge < -0.3 is 5.11 Å². The van der Waals surface area contributed by atoms with Crippen LogP contribution < -0.4 is 4.72 Å². The fourth-order valence-electron chi connectivity index (χ4n) is 2.75. The molecule has 0 saturated heterocycles. The lowest BCUT2D eigenvalue weighted by atomic mass is 9.83. The van der Waals surface area contributed by atoms with Crippen molar-refractivity contribution in [3.63, 3.8) is 0 Å². The fourth-order valence-corrected chi connectivity index (χ4v) is 5.81. The Kier molecular flexibility index (Phi) is 3.58. The predicted octanol–water partition coefficient (Wildman–Crippen LogP) is 2.47. The van der Waals surface area contributed by atoms with Gasteiger partial charge in [-0.05, 0) is 24.8 Å². The van der Waals surface area contributed by atoms with Crippen molar-refractivity contribution in [2.75, 3.05) is 0 Å². The van der Waals surface area contributed by atoms with Crippen molar-refractivity contribution in [1.82, 2.24) is 4.72 Å². The number of benzene rings is 1. The van der Waals surface area contributed by atoms with Crippen molar-refractivity contribution in [1.29, 1.82) is 0 Å². The number of hydrogen-bond acceptors (Lipinski definition) is 4. The smallest absolute Gasteiger partial charge is 0.242 e. The Balaban J connectivity index is 2.03. The lowest BCUT2D eigenvalue weighted by molar-refractivity contribution is 0.269. The number of sulfonamides is 1. The highest BCUT2D eigenvalue weighted by Crippen LogP contribution is 2.36. The SMILES string of the molecule is CC1CC(NS(=O)(=O)c2c(CO)sc3ccccc23)C1. The molecule has 1 aliphatic rings. The van der Waals surface area contributed by atoms with Crippen LogP contribution in [0.3, 0.4) is 0 Å². The summed E-state index contributed by atoms with van der Waals surface area (Å²) in [5, 5.41) is 10.1. The molecule has 20 heavy (non-hydrogen) atoms. The predicted molar refractivity (Wildman–Crippen MR) is 80.3 cm³/mol. The summed E-state index contributed by atoms with van der Waals surface area (Å²) in [5.74, 6) is 0.583. The first-order chi connectivity index (χ1) is 9.51. The second-order valence-electron chi connectivity index (χ2n) is 5.40. The van der Waals surface area contributed by atoms with E-state index in [9.17, 15) is 13.5 Å². The van der Waals surface area contributed by atoms with Crippen molar-refractivity contribution in [3.05, 3.63) is 29.1 Å². The Morgan fingerprint density at radius 2 is 2.05 bits per heavy atom. The third kappa shape index (κ3) is 2.37. The van der Waals surface area contributed by atoms with Crippen LogP contribution in [0.25, 0.3) is 10.1 Å². The van der Waals surface area contributed by atoms with Crippen molar-refractivity contribution in [2.24, 2.45) is 5.92 Å². The van der Waals surface area contributed by atoms with Crippen LogP contribution in [0.15, 0.2) is 29.2 Å². The summed E-state index contributed by atoms with van der Waals surface area (Å²) < 4.78 is 28.8. The zero-order valence-electron chi connectivity index (χ0n) is 11.2. The van der Waals surface area contributed by atoms with E-state index in [1.165, 1.54) is 11.3 Å². The van der Waals surface area contributed by atoms with E-state index in [0.29, 0.717) is 16.2 Å². The molecule has 1 fully saturated rings. The molecule has 0 radical (unpaired) electrons. The van der Waals surface area contributed by atoms with Crippen molar-refractivity contribution in [2.45, 2.75) is 37.3 Å². The lowest BCUT2D eigenvalue weighted by Crippen LogP contribution is -2.43. The van der Waals surface area contributed by atoms with Gasteiger partial charge in [-0.2, -0.15) is 0 Å². The van der Waals surface area contributed by atoms with Gasteiger partial charge in [0.15, 0.2) is 0 Å². The molecule has 0 unspecified atom stereocenters. The maximum absolute atomic E-state index is 12.6. The number of fused-ring (bicyclic) bond motifs is 1. The second kappa shape index (κ2) is 5.11. The molecule has 6 heteroatoms. The van der Waals surface area contributed by atoms with E-state index in [4.69, 9.17) is 0 Å². The molecule has 1 aromatic heterocycles. The summed E-state index contributed by atoms with van der Waals surface area (Å²) in [5.41, 5.74) is 0. The lowest BCUT2D eigenvalue weighted by Gasteiger charge is -2.32. The molecule has 1 aromatic carbocycles. The first-order valence-corrected chi connectivity index (χ1v) is 8.95. The fraction of sp³-hybridized carbons (Fsp3) is 0.429. The van der Waals surface area contributed by atoms with E-state index in [2.05, 4.69) is 11.6 Å². The van der Waals surface area contributed by atoms with Gasteiger partial charge in [-0.3, -0.25) is 0 Å². The summed E-state index contributed by atoms with van der Waals surface area (Å²) in [7, 11) is -3.57. The van der Waals surface area contributed by atoms with Gasteiger partial charge in [0.05, 0.1) is 11.5 Å². The summed E-state index contributed by atoms with van der Waals surface area (Å²) in [6.07, 6.45) is 1.77. The highest BCUT2D eigenvalue weighted by atomic mass is 32.2. The van der Waals surface area contributed by atoms with E-state index < -0.39 is 10.0 Å². The minimum absolute atomic E-state index is 0.0280. The Hall–Kier alpha value is -0.950. The molecule has 108 valence electrons. The molecular weight excluding hydrogens is 294 g/mol. The molecule has 4 nitrogen and oxygen atoms in total. The largest absolute Gasteiger partial charge is 0.391 e. The van der Waals surface area contributed by atoms with Crippen molar-refractivity contribution >= 4 is 31.4 Å². The van der Waals surface area contributed by atoms with Gasteiger partial charge >= 0.3 is 0 Å². The molecule has 1 heterocycles. The zero-order chi connectivity index (χ0) is 14.3. The maximum Gasteiger partial charge on any atom is 0.242 e. The summed E-state index contributed by atoms with van der Waals surface area (Å²) in [6.45, 7) is 1.86. The van der Waals surface area contributed by atoms with Crippen LogP contribution in [0.4, 0.5) is 0 Å². The maximum atomic E-state index is 12.6. The number of thiophene rings is 1. The summed E-state index contributed by atoms with van der Waals surface area (Å²) in [4.78, 5) is 0.756. The van der Waals surface area contributed by atoms with Crippen molar-refractivity contribution in [3.8, 4) is 0 Å². The average molecular weight is 311 g/mol. The monoisotopic (exact) mass is 311 g/mol. The van der Waals surface area contributed by atoms with Crippen LogP contribution >= 0.6 is 11.3 Å². The molecule has 1 aliphatic carbocycles. The van der Waals surface area contributed by atoms with E-state index in [1.807, 2.05) is 18.2 Å². The minimum Gasteiger partial charge on any atom is -0.391 e. The third-order valence-corrected chi connectivity index (χ3v) is 6.66. The Labute approximate surface area is 122 Å². The molecule has 2 N–H and O–H groups in total. The van der Waals surface area contributed by atoms with Crippen LogP contribution in [0.1, 0.15) is 24.6 Å². The Morgan fingerprint density at radius 1 is 1.35 bits per heavy atom. The van der Waals surface area contributed by atoms with E-state index >= 15 is 0 Å². The van der Waals surface area contributed by atoms with Gasteiger partial charge in [0.1, 0.15) is 4.90 Å². The number of nitrogens with one attached hydrogen (secondary N) is 1. The summed E-state index contributed by atoms with van der Waals surface area (Å²) >= 11 is 1.33. The van der Waals surface area contributed by atoms with Crippen LogP contribution in [-0.2, 0) is 16.6 Å². The normalized spacial score (nSPS) is 22.9. The first-order valence-electron chi connectivity index (χ1n) is 6.65. The topological polar surface area (TPSA) is 66.4 Å². The van der Waals surface area contributed by atoms with Gasteiger partial charge in [0.2, 0.25) is 10.0 Å². The quantitative estimate of drug-likeness (QED) is 0.911. The minimum atomic E-state index is -3.57. The number of hydrogen-bond donors (Lipinski definition) is 2. The first kappa shape index (κ1) is 14.0. The van der Waals surface area contributed by atoms with Crippen LogP contribution in [0, 0.1) is 5.92 Å². The van der Waals surface area contributed by atoms with Crippen LogP contribution in [0.5, 0.6) is 0 Å². The van der Waals surface area contributed by atoms with E-state index in [0.717, 1.165) is 17.5 Å². The Morgan fingerprint density at radius 3 is 2.70 bits per heavy atom. The molecule has 3 rings (SSSR count). The van der Waals surface area contributed by atoms with Gasteiger partial charge in [-0.25, -0.2) is 13.1 Å². The number of rotatable bonds is 4. The molecular formula is C14H17NO3S2. The molecule has 1 saturated carbocycles. The number of aliphatic hydroxyl groups is 1. The molecule has 2 aromatic rings. The molecule has 0 spiro atoms. The standard InChI is InChI=1S/C14H17NO3S2/c1-9-6-10(7-9)15-20(17,18)14-11-4-2-3-5-12(11)19-13(14)8-16/h2-5,9-10,15-16H,6-8H2,1H3. The Bertz CT molecular complexity index is 730. The molecule has 0 amide bonds. The van der Waals surface area contributed by atoms with Gasteiger partial charge in [-0.15, -0.1) is 11.3 Å². The van der Waals surface area contributed by atoms with E-state index in [1.54, 1.807) is 6.07 Å². The van der Waals surface area contributed by atoms with E-state index in [-0.39, 0.29) is 17.5 Å². The van der Waals surface area contributed by atoms with Gasteiger partial charge in [0, 0.05) is 16.1 Å². The second-order valence-corrected chi connectivity index (χ2v) is 8.19. The number of aliphatic hydroxyl groups excluding tert-OH is 1. The summed E-state index contributed by atoms with van der Waals surface area (Å²) in [6, 6.07) is 7.39. The van der Waals surface area contributed by atoms with Gasteiger partial charge in [-0.1, -0.05) is 25.1 Å². The van der Waals surface area contributed by atoms with Crippen LogP contribution in [0.2, 0.25) is 0 Å². The van der Waals surface area contributed by atoms with Crippen molar-refractivity contribution < 1.29 is 13.5 Å². The highest BCUT2D eigenvalue weighted by Gasteiger charge is 2.32. The highest BCUT2D eigenvalue weighted by molar-refractivity contribution is 7.90. The molecule has 0 aliphatic heterocycles. The molecule has 0 bridgehead atoms. The van der Waals surface area contributed by atoms with Gasteiger partial charge in [0.25, 0.3) is 0 Å². The zero-order valence-corrected chi connectivity index (χ0v) is 12.8. The third-order valence-electron chi connectivity index (χ3n) is 3.73.